The number of H-pyrrole nitrogens is 1. The highest BCUT2D eigenvalue weighted by Gasteiger charge is 2.15. The molecule has 0 aliphatic rings. The van der Waals surface area contributed by atoms with Crippen LogP contribution in [0.25, 0.3) is 0 Å². The Labute approximate surface area is 107 Å². The Kier molecular flexibility index (Phi) is 3.83. The third kappa shape index (κ3) is 2.80. The summed E-state index contributed by atoms with van der Waals surface area (Å²) in [6.07, 6.45) is 0. The van der Waals surface area contributed by atoms with E-state index < -0.39 is 5.97 Å². The van der Waals surface area contributed by atoms with Crippen molar-refractivity contribution in [1.82, 2.24) is 15.4 Å². The zero-order valence-electron chi connectivity index (χ0n) is 9.58. The summed E-state index contributed by atoms with van der Waals surface area (Å²) < 4.78 is 5.32. The largest absolute Gasteiger partial charge is 0.494 e. The van der Waals surface area contributed by atoms with Crippen molar-refractivity contribution >= 4 is 17.7 Å². The van der Waals surface area contributed by atoms with Crippen LogP contribution in [-0.2, 0) is 0 Å². The molecule has 0 bridgehead atoms. The van der Waals surface area contributed by atoms with Crippen LogP contribution >= 0.6 is 11.8 Å². The summed E-state index contributed by atoms with van der Waals surface area (Å²) in [5, 5.41) is 18.9. The number of carboxylic acids is 1. The summed E-state index contributed by atoms with van der Waals surface area (Å²) in [6, 6.07) is 7.36. The predicted octanol–water partition coefficient (Wildman–Crippen LogP) is 2.05. The van der Waals surface area contributed by atoms with Crippen LogP contribution in [0.3, 0.4) is 0 Å². The molecular weight excluding hydrogens is 254 g/mol. The van der Waals surface area contributed by atoms with E-state index in [1.54, 1.807) is 0 Å². The average Bonchev–Trinajstić information content (AvgIpc) is 2.80. The third-order valence-electron chi connectivity index (χ3n) is 2.07. The zero-order chi connectivity index (χ0) is 13.0. The van der Waals surface area contributed by atoms with Crippen molar-refractivity contribution in [2.24, 2.45) is 0 Å². The molecule has 0 atom stereocenters. The molecule has 2 aromatic rings. The molecule has 0 saturated heterocycles. The molecule has 1 heterocycles. The van der Waals surface area contributed by atoms with Crippen molar-refractivity contribution in [2.75, 3.05) is 6.61 Å². The normalized spacial score (nSPS) is 10.3. The van der Waals surface area contributed by atoms with E-state index in [1.165, 1.54) is 11.8 Å². The van der Waals surface area contributed by atoms with E-state index in [-0.39, 0.29) is 5.69 Å². The maximum Gasteiger partial charge on any atom is 0.359 e. The molecule has 0 unspecified atom stereocenters. The van der Waals surface area contributed by atoms with Crippen molar-refractivity contribution in [3.05, 3.63) is 30.0 Å². The van der Waals surface area contributed by atoms with E-state index in [1.807, 2.05) is 31.2 Å². The van der Waals surface area contributed by atoms with E-state index in [0.29, 0.717) is 11.6 Å². The first-order valence-electron chi connectivity index (χ1n) is 5.25. The zero-order valence-corrected chi connectivity index (χ0v) is 10.4. The minimum atomic E-state index is -1.10. The van der Waals surface area contributed by atoms with Crippen molar-refractivity contribution in [2.45, 2.75) is 16.8 Å². The van der Waals surface area contributed by atoms with Crippen LogP contribution in [-0.4, -0.2) is 33.1 Å². The third-order valence-corrected chi connectivity index (χ3v) is 3.07. The monoisotopic (exact) mass is 265 g/mol. The van der Waals surface area contributed by atoms with Crippen LogP contribution in [0.15, 0.2) is 34.2 Å². The number of ether oxygens (including phenoxy) is 1. The second-order valence-corrected chi connectivity index (χ2v) is 4.38. The SMILES string of the molecule is CCOc1ccc(Sc2[nH]nnc2C(=O)O)cc1. The van der Waals surface area contributed by atoms with E-state index in [4.69, 9.17) is 9.84 Å². The highest BCUT2D eigenvalue weighted by Crippen LogP contribution is 2.29. The van der Waals surface area contributed by atoms with Crippen molar-refractivity contribution in [3.63, 3.8) is 0 Å². The predicted molar refractivity (Wildman–Crippen MR) is 65.1 cm³/mol. The highest BCUT2D eigenvalue weighted by atomic mass is 32.2. The van der Waals surface area contributed by atoms with Gasteiger partial charge < -0.3 is 9.84 Å². The van der Waals surface area contributed by atoms with Gasteiger partial charge in [0.15, 0.2) is 0 Å². The number of hydrogen-bond acceptors (Lipinski definition) is 5. The fourth-order valence-corrected chi connectivity index (χ4v) is 2.14. The quantitative estimate of drug-likeness (QED) is 0.860. The van der Waals surface area contributed by atoms with E-state index >= 15 is 0 Å². The summed E-state index contributed by atoms with van der Waals surface area (Å²) in [7, 11) is 0. The van der Waals surface area contributed by atoms with Crippen molar-refractivity contribution < 1.29 is 14.6 Å². The smallest absolute Gasteiger partial charge is 0.359 e. The molecule has 0 aliphatic carbocycles. The molecule has 2 rings (SSSR count). The highest BCUT2D eigenvalue weighted by molar-refractivity contribution is 7.99. The van der Waals surface area contributed by atoms with Crippen molar-refractivity contribution in [1.29, 1.82) is 0 Å². The molecule has 0 spiro atoms. The summed E-state index contributed by atoms with van der Waals surface area (Å²) in [6.45, 7) is 2.53. The molecule has 0 fully saturated rings. The van der Waals surface area contributed by atoms with Gasteiger partial charge in [-0.25, -0.2) is 4.79 Å². The van der Waals surface area contributed by atoms with Gasteiger partial charge >= 0.3 is 5.97 Å². The first-order valence-corrected chi connectivity index (χ1v) is 6.07. The summed E-state index contributed by atoms with van der Waals surface area (Å²) in [4.78, 5) is 11.7. The van der Waals surface area contributed by atoms with Gasteiger partial charge in [-0.3, -0.25) is 5.10 Å². The second-order valence-electron chi connectivity index (χ2n) is 3.30. The number of aromatic amines is 1. The number of benzene rings is 1. The van der Waals surface area contributed by atoms with Gasteiger partial charge in [-0.15, -0.1) is 5.10 Å². The Bertz CT molecular complexity index is 539. The molecular formula is C11H11N3O3S. The van der Waals surface area contributed by atoms with Gasteiger partial charge in [0.25, 0.3) is 0 Å². The van der Waals surface area contributed by atoms with Gasteiger partial charge in [0.05, 0.1) is 6.61 Å². The number of carboxylic acid groups (broad SMARTS) is 1. The summed E-state index contributed by atoms with van der Waals surface area (Å²) >= 11 is 1.26. The van der Waals surface area contributed by atoms with Crippen LogP contribution in [0.1, 0.15) is 17.4 Å². The fourth-order valence-electron chi connectivity index (χ4n) is 1.32. The Morgan fingerprint density at radius 1 is 1.44 bits per heavy atom. The Balaban J connectivity index is 2.13. The molecule has 94 valence electrons. The Morgan fingerprint density at radius 3 is 2.78 bits per heavy atom. The van der Waals surface area contributed by atoms with Crippen LogP contribution < -0.4 is 4.74 Å². The van der Waals surface area contributed by atoms with Gasteiger partial charge in [0.2, 0.25) is 5.69 Å². The number of nitrogens with one attached hydrogen (secondary N) is 1. The standard InChI is InChI=1S/C11H11N3O3S/c1-2-17-7-3-5-8(6-4-7)18-10-9(11(15)16)12-14-13-10/h3-6H,2H2,1H3,(H,15,16)(H,12,13,14). The minimum Gasteiger partial charge on any atom is -0.494 e. The lowest BCUT2D eigenvalue weighted by Crippen LogP contribution is -1.98. The van der Waals surface area contributed by atoms with Gasteiger partial charge in [-0.1, -0.05) is 17.0 Å². The van der Waals surface area contributed by atoms with Crippen LogP contribution in [0, 0.1) is 0 Å². The second kappa shape index (κ2) is 5.54. The molecule has 1 aromatic heterocycles. The van der Waals surface area contributed by atoms with Gasteiger partial charge in [0, 0.05) is 4.90 Å². The summed E-state index contributed by atoms with van der Waals surface area (Å²) in [5.74, 6) is -0.319. The fraction of sp³-hybridized carbons (Fsp3) is 0.182. The number of hydrogen-bond donors (Lipinski definition) is 2. The molecule has 0 amide bonds. The van der Waals surface area contributed by atoms with Gasteiger partial charge in [0.1, 0.15) is 10.8 Å². The molecule has 18 heavy (non-hydrogen) atoms. The van der Waals surface area contributed by atoms with Crippen LogP contribution in [0.5, 0.6) is 5.75 Å². The Hall–Kier alpha value is -2.02. The van der Waals surface area contributed by atoms with E-state index in [0.717, 1.165) is 10.6 Å². The first-order chi connectivity index (χ1) is 8.70. The summed E-state index contributed by atoms with van der Waals surface area (Å²) in [5.41, 5.74) is -0.0751. The average molecular weight is 265 g/mol. The number of aromatic nitrogens is 3. The molecule has 1 aromatic carbocycles. The number of aromatic carboxylic acids is 1. The van der Waals surface area contributed by atoms with E-state index in [9.17, 15) is 4.79 Å². The maximum absolute atomic E-state index is 10.9. The first kappa shape index (κ1) is 12.4. The van der Waals surface area contributed by atoms with E-state index in [2.05, 4.69) is 15.4 Å². The lowest BCUT2D eigenvalue weighted by atomic mass is 10.3. The maximum atomic E-state index is 10.9. The van der Waals surface area contributed by atoms with Crippen LogP contribution in [0.4, 0.5) is 0 Å². The minimum absolute atomic E-state index is 0.0751. The number of rotatable bonds is 5. The van der Waals surface area contributed by atoms with Crippen LogP contribution in [0.2, 0.25) is 0 Å². The number of nitrogens with zero attached hydrogens (tertiary/aromatic N) is 2. The van der Waals surface area contributed by atoms with Gasteiger partial charge in [-0.05, 0) is 31.2 Å². The molecule has 0 radical (unpaired) electrons. The lowest BCUT2D eigenvalue weighted by molar-refractivity contribution is 0.0686. The topological polar surface area (TPSA) is 88.1 Å². The number of carbonyl (C=O) groups is 1. The van der Waals surface area contributed by atoms with Gasteiger partial charge in [-0.2, -0.15) is 0 Å². The molecule has 2 N–H and O–H groups in total. The molecule has 0 aliphatic heterocycles. The Morgan fingerprint density at radius 2 is 2.17 bits per heavy atom. The molecule has 0 saturated carbocycles. The van der Waals surface area contributed by atoms with Crippen molar-refractivity contribution in [3.8, 4) is 5.75 Å². The lowest BCUT2D eigenvalue weighted by Gasteiger charge is -2.03. The molecule has 6 nitrogen and oxygen atoms in total. The molecule has 7 heteroatoms.